The number of oxazole rings is 1. The maximum absolute atomic E-state index is 7.13. The maximum Gasteiger partial charge on any atom is 0.231 e. The van der Waals surface area contributed by atoms with Gasteiger partial charge < -0.3 is 13.7 Å². The van der Waals surface area contributed by atoms with E-state index >= 15 is 0 Å². The lowest BCUT2D eigenvalue weighted by atomic mass is 9.93. The molecule has 0 aliphatic carbocycles. The minimum atomic E-state index is 0.541. The van der Waals surface area contributed by atoms with Gasteiger partial charge in [-0.3, -0.25) is 0 Å². The second-order valence-corrected chi connectivity index (χ2v) is 15.1. The van der Waals surface area contributed by atoms with Gasteiger partial charge in [0.25, 0.3) is 0 Å². The highest BCUT2D eigenvalue weighted by atomic mass is 16.4. The van der Waals surface area contributed by atoms with E-state index in [-0.39, 0.29) is 0 Å². The third kappa shape index (κ3) is 5.42. The summed E-state index contributed by atoms with van der Waals surface area (Å²) < 4.78 is 13.6. The fourth-order valence-corrected chi connectivity index (χ4v) is 8.89. The van der Waals surface area contributed by atoms with Crippen LogP contribution >= 0.6 is 0 Å². The summed E-state index contributed by atoms with van der Waals surface area (Å²) in [7, 11) is 0. The topological polar surface area (TPSA) is 42.4 Å². The Kier molecular flexibility index (Phi) is 7.50. The first-order valence-electron chi connectivity index (χ1n) is 19.9. The molecule has 4 nitrogen and oxygen atoms in total. The number of rotatable bonds is 6. The third-order valence-corrected chi connectivity index (χ3v) is 11.7. The van der Waals surface area contributed by atoms with E-state index in [1.807, 2.05) is 24.3 Å². The van der Waals surface area contributed by atoms with E-state index in [2.05, 4.69) is 187 Å². The number of benzene rings is 10. The molecule has 0 radical (unpaired) electrons. The van der Waals surface area contributed by atoms with Gasteiger partial charge in [-0.1, -0.05) is 152 Å². The second kappa shape index (κ2) is 13.3. The lowest BCUT2D eigenvalue weighted by molar-refractivity contribution is 0.616. The van der Waals surface area contributed by atoms with Crippen molar-refractivity contribution < 1.29 is 8.83 Å². The molecule has 0 unspecified atom stereocenters. The van der Waals surface area contributed by atoms with E-state index in [1.165, 1.54) is 32.7 Å². The monoisotopic (exact) mass is 754 g/mol. The van der Waals surface area contributed by atoms with Crippen LogP contribution in [0.5, 0.6) is 0 Å². The molecular formula is C55H34N2O2. The lowest BCUT2D eigenvalue weighted by Gasteiger charge is -2.26. The summed E-state index contributed by atoms with van der Waals surface area (Å²) in [5.74, 6) is 0.541. The van der Waals surface area contributed by atoms with Crippen LogP contribution in [0.1, 0.15) is 0 Å². The van der Waals surface area contributed by atoms with Crippen molar-refractivity contribution in [1.82, 2.24) is 4.98 Å². The molecule has 0 aliphatic rings. The van der Waals surface area contributed by atoms with Gasteiger partial charge in [-0.2, -0.15) is 0 Å². The van der Waals surface area contributed by atoms with Crippen molar-refractivity contribution in [3.63, 3.8) is 0 Å². The molecule has 59 heavy (non-hydrogen) atoms. The second-order valence-electron chi connectivity index (χ2n) is 15.1. The molecule has 276 valence electrons. The minimum Gasteiger partial charge on any atom is -0.453 e. The van der Waals surface area contributed by atoms with E-state index < -0.39 is 0 Å². The van der Waals surface area contributed by atoms with E-state index in [4.69, 9.17) is 13.8 Å². The summed E-state index contributed by atoms with van der Waals surface area (Å²) in [5, 5.41) is 9.13. The van der Waals surface area contributed by atoms with Gasteiger partial charge in [-0.25, -0.2) is 4.98 Å². The van der Waals surface area contributed by atoms with Gasteiger partial charge in [0.05, 0.1) is 11.3 Å². The Balaban J connectivity index is 1.07. The molecular weight excluding hydrogens is 721 g/mol. The number of fused-ring (bicyclic) bond motifs is 8. The van der Waals surface area contributed by atoms with Crippen molar-refractivity contribution in [1.29, 1.82) is 0 Å². The fourth-order valence-electron chi connectivity index (χ4n) is 8.89. The average Bonchev–Trinajstić information content (AvgIpc) is 3.91. The van der Waals surface area contributed by atoms with Gasteiger partial charge in [0.2, 0.25) is 5.89 Å². The highest BCUT2D eigenvalue weighted by molar-refractivity contribution is 6.20. The molecule has 2 aromatic heterocycles. The predicted octanol–water partition coefficient (Wildman–Crippen LogP) is 15.7. The van der Waals surface area contributed by atoms with Crippen LogP contribution in [0.3, 0.4) is 0 Å². The summed E-state index contributed by atoms with van der Waals surface area (Å²) in [6, 6.07) is 72.9. The fraction of sp³-hybridized carbons (Fsp3) is 0. The quantitative estimate of drug-likeness (QED) is 0.159. The molecule has 10 aromatic carbocycles. The van der Waals surface area contributed by atoms with Gasteiger partial charge in [-0.05, 0) is 109 Å². The first-order valence-corrected chi connectivity index (χ1v) is 19.9. The Morgan fingerprint density at radius 1 is 0.373 bits per heavy atom. The molecule has 0 aliphatic heterocycles. The minimum absolute atomic E-state index is 0.541. The molecule has 0 N–H and O–H groups in total. The largest absolute Gasteiger partial charge is 0.453 e. The average molecular weight is 755 g/mol. The summed E-state index contributed by atoms with van der Waals surface area (Å²) in [6.45, 7) is 0. The van der Waals surface area contributed by atoms with Crippen molar-refractivity contribution in [2.75, 3.05) is 4.90 Å². The molecule has 12 rings (SSSR count). The van der Waals surface area contributed by atoms with Crippen LogP contribution in [-0.4, -0.2) is 4.98 Å². The zero-order chi connectivity index (χ0) is 38.9. The van der Waals surface area contributed by atoms with E-state index in [9.17, 15) is 0 Å². The smallest absolute Gasteiger partial charge is 0.231 e. The summed E-state index contributed by atoms with van der Waals surface area (Å²) in [6.07, 6.45) is 0. The van der Waals surface area contributed by atoms with Crippen molar-refractivity contribution in [2.45, 2.75) is 0 Å². The van der Waals surface area contributed by atoms with E-state index in [0.717, 1.165) is 77.6 Å². The van der Waals surface area contributed by atoms with Crippen molar-refractivity contribution in [3.05, 3.63) is 206 Å². The summed E-state index contributed by atoms with van der Waals surface area (Å²) in [4.78, 5) is 7.28. The SMILES string of the molecule is c1ccc(-c2ccc(N(c3ccc(-c4cc5ccccc5c5ccccc45)cc3)c3cccc4c3oc3c(-c5nc6ccccc6o5)c5ccccc5cc34)cc2)cc1. The Morgan fingerprint density at radius 2 is 0.966 bits per heavy atom. The standard InChI is InChI=1S/C55H34N2O2/c1-2-13-35(14-3-1)36-25-29-40(30-26-36)57(41-31-27-37(28-32-41)47-33-38-15-4-6-17-42(38)44-19-8-9-20-45(44)47)50-23-12-21-46-48-34-39-16-5-7-18-43(39)52(54(48)59-53(46)50)55-56-49-22-10-11-24-51(49)58-55/h1-34H. The van der Waals surface area contributed by atoms with Crippen LogP contribution < -0.4 is 4.90 Å². The maximum atomic E-state index is 7.13. The van der Waals surface area contributed by atoms with Crippen LogP contribution in [0.2, 0.25) is 0 Å². The zero-order valence-electron chi connectivity index (χ0n) is 31.8. The molecule has 12 aromatic rings. The van der Waals surface area contributed by atoms with Gasteiger partial charge in [-0.15, -0.1) is 0 Å². The number of para-hydroxylation sites is 3. The Labute approximate surface area is 339 Å². The Morgan fingerprint density at radius 3 is 1.73 bits per heavy atom. The third-order valence-electron chi connectivity index (χ3n) is 11.7. The number of aromatic nitrogens is 1. The highest BCUT2D eigenvalue weighted by Crippen LogP contribution is 2.47. The number of hydrogen-bond donors (Lipinski definition) is 0. The molecule has 0 saturated carbocycles. The van der Waals surface area contributed by atoms with E-state index in [1.54, 1.807) is 0 Å². The summed E-state index contributed by atoms with van der Waals surface area (Å²) in [5.41, 5.74) is 11.6. The molecule has 4 heteroatoms. The first kappa shape index (κ1) is 33.2. The van der Waals surface area contributed by atoms with Crippen molar-refractivity contribution >= 4 is 82.4 Å². The molecule has 0 atom stereocenters. The first-order chi connectivity index (χ1) is 29.2. The molecule has 0 spiro atoms. The lowest BCUT2D eigenvalue weighted by Crippen LogP contribution is -2.10. The van der Waals surface area contributed by atoms with Crippen LogP contribution in [0.15, 0.2) is 215 Å². The normalized spacial score (nSPS) is 11.7. The van der Waals surface area contributed by atoms with Gasteiger partial charge in [0.1, 0.15) is 11.1 Å². The van der Waals surface area contributed by atoms with E-state index in [0.29, 0.717) is 5.89 Å². The molecule has 2 heterocycles. The number of furan rings is 1. The van der Waals surface area contributed by atoms with Crippen molar-refractivity contribution in [3.8, 4) is 33.7 Å². The Hall–Kier alpha value is -7.95. The van der Waals surface area contributed by atoms with Gasteiger partial charge >= 0.3 is 0 Å². The molecule has 0 fully saturated rings. The van der Waals surface area contributed by atoms with Crippen LogP contribution in [0.25, 0.3) is 99.1 Å². The summed E-state index contributed by atoms with van der Waals surface area (Å²) >= 11 is 0. The molecule has 0 amide bonds. The zero-order valence-corrected chi connectivity index (χ0v) is 31.8. The van der Waals surface area contributed by atoms with Crippen LogP contribution in [0, 0.1) is 0 Å². The van der Waals surface area contributed by atoms with Crippen LogP contribution in [0.4, 0.5) is 17.1 Å². The predicted molar refractivity (Wildman–Crippen MR) is 245 cm³/mol. The molecule has 0 saturated heterocycles. The number of anilines is 3. The Bertz CT molecular complexity index is 3510. The number of nitrogens with zero attached hydrogens (tertiary/aromatic N) is 2. The van der Waals surface area contributed by atoms with Gasteiger partial charge in [0, 0.05) is 22.1 Å². The number of hydrogen-bond acceptors (Lipinski definition) is 4. The highest BCUT2D eigenvalue weighted by Gasteiger charge is 2.24. The van der Waals surface area contributed by atoms with Gasteiger partial charge in [0.15, 0.2) is 11.2 Å². The van der Waals surface area contributed by atoms with Crippen molar-refractivity contribution in [2.24, 2.45) is 0 Å². The van der Waals surface area contributed by atoms with Crippen LogP contribution in [-0.2, 0) is 0 Å². The molecule has 0 bridgehead atoms.